The number of benzene rings is 1. The molecule has 1 aromatic rings. The van der Waals surface area contributed by atoms with Gasteiger partial charge in [0, 0.05) is 11.6 Å². The predicted molar refractivity (Wildman–Crippen MR) is 77.9 cm³/mol. The molecule has 0 bridgehead atoms. The molecule has 106 valence electrons. The van der Waals surface area contributed by atoms with Crippen LogP contribution >= 0.6 is 24.0 Å². The number of amides is 1. The highest BCUT2D eigenvalue weighted by atomic mass is 35.5. The quantitative estimate of drug-likeness (QED) is 0.897. The van der Waals surface area contributed by atoms with Crippen LogP contribution in [0.2, 0.25) is 5.02 Å². The maximum atomic E-state index is 12.0. The number of hydrogen-bond donors (Lipinski definition) is 2. The normalized spacial score (nSPS) is 20.2. The molecule has 1 aliphatic heterocycles. The van der Waals surface area contributed by atoms with Gasteiger partial charge < -0.3 is 15.4 Å². The van der Waals surface area contributed by atoms with Crippen molar-refractivity contribution in [3.63, 3.8) is 0 Å². The fourth-order valence-electron chi connectivity index (χ4n) is 1.91. The molecule has 1 heterocycles. The van der Waals surface area contributed by atoms with E-state index in [1.54, 1.807) is 0 Å². The fourth-order valence-corrected chi connectivity index (χ4v) is 2.11. The molecule has 0 aliphatic carbocycles. The van der Waals surface area contributed by atoms with Gasteiger partial charge in [0.2, 0.25) is 5.91 Å². The van der Waals surface area contributed by atoms with Crippen molar-refractivity contribution in [3.8, 4) is 0 Å². The number of ether oxygens (including phenoxy) is 1. The third-order valence-corrected chi connectivity index (χ3v) is 3.18. The van der Waals surface area contributed by atoms with Crippen molar-refractivity contribution in [2.75, 3.05) is 19.8 Å². The minimum absolute atomic E-state index is 0. The summed E-state index contributed by atoms with van der Waals surface area (Å²) in [5.41, 5.74) is 0.993. The standard InChI is InChI=1S/C13H17ClN2O2.ClH/c1-9(10-3-2-4-11(14)7-10)16-13(17)12-8-18-6-5-15-12;/h2-4,7,9,12,15H,5-6,8H2,1H3,(H,16,17);1H. The van der Waals surface area contributed by atoms with Crippen LogP contribution in [-0.4, -0.2) is 31.7 Å². The van der Waals surface area contributed by atoms with Gasteiger partial charge in [-0.1, -0.05) is 23.7 Å². The molecule has 1 aromatic carbocycles. The lowest BCUT2D eigenvalue weighted by atomic mass is 10.1. The first kappa shape index (κ1) is 16.2. The summed E-state index contributed by atoms with van der Waals surface area (Å²) < 4.78 is 5.27. The van der Waals surface area contributed by atoms with E-state index in [4.69, 9.17) is 16.3 Å². The largest absolute Gasteiger partial charge is 0.378 e. The zero-order valence-corrected chi connectivity index (χ0v) is 12.3. The number of hydrogen-bond acceptors (Lipinski definition) is 3. The van der Waals surface area contributed by atoms with Crippen molar-refractivity contribution in [2.24, 2.45) is 0 Å². The molecular formula is C13H18Cl2N2O2. The van der Waals surface area contributed by atoms with Crippen LogP contribution in [-0.2, 0) is 9.53 Å². The number of nitrogens with one attached hydrogen (secondary N) is 2. The summed E-state index contributed by atoms with van der Waals surface area (Å²) in [6.45, 7) is 3.73. The van der Waals surface area contributed by atoms with Gasteiger partial charge in [0.05, 0.1) is 19.3 Å². The van der Waals surface area contributed by atoms with Gasteiger partial charge in [-0.25, -0.2) is 0 Å². The Kier molecular flexibility index (Phi) is 6.58. The first-order chi connectivity index (χ1) is 8.66. The summed E-state index contributed by atoms with van der Waals surface area (Å²) in [6.07, 6.45) is 0. The van der Waals surface area contributed by atoms with Gasteiger partial charge >= 0.3 is 0 Å². The van der Waals surface area contributed by atoms with Crippen LogP contribution in [0, 0.1) is 0 Å². The average molecular weight is 305 g/mol. The predicted octanol–water partition coefficient (Wildman–Crippen LogP) is 1.93. The van der Waals surface area contributed by atoms with Crippen molar-refractivity contribution in [2.45, 2.75) is 19.0 Å². The van der Waals surface area contributed by atoms with Gasteiger partial charge in [-0.3, -0.25) is 4.79 Å². The number of carbonyl (C=O) groups is 1. The van der Waals surface area contributed by atoms with Gasteiger partial charge in [0.15, 0.2) is 0 Å². The molecule has 2 rings (SSSR count). The molecule has 2 N–H and O–H groups in total. The van der Waals surface area contributed by atoms with E-state index < -0.39 is 0 Å². The van der Waals surface area contributed by atoms with Gasteiger partial charge in [-0.05, 0) is 24.6 Å². The summed E-state index contributed by atoms with van der Waals surface area (Å²) in [5.74, 6) is -0.0397. The minimum Gasteiger partial charge on any atom is -0.378 e. The second-order valence-electron chi connectivity index (χ2n) is 4.37. The highest BCUT2D eigenvalue weighted by Crippen LogP contribution is 2.17. The van der Waals surface area contributed by atoms with E-state index in [1.807, 2.05) is 31.2 Å². The molecule has 0 saturated carbocycles. The highest BCUT2D eigenvalue weighted by molar-refractivity contribution is 6.30. The highest BCUT2D eigenvalue weighted by Gasteiger charge is 2.22. The molecule has 2 atom stereocenters. The summed E-state index contributed by atoms with van der Waals surface area (Å²) in [4.78, 5) is 12.0. The van der Waals surface area contributed by atoms with E-state index in [2.05, 4.69) is 10.6 Å². The number of morpholine rings is 1. The van der Waals surface area contributed by atoms with Gasteiger partial charge in [0.25, 0.3) is 0 Å². The van der Waals surface area contributed by atoms with Crippen molar-refractivity contribution in [1.82, 2.24) is 10.6 Å². The summed E-state index contributed by atoms with van der Waals surface area (Å²) in [6, 6.07) is 7.16. The zero-order chi connectivity index (χ0) is 13.0. The van der Waals surface area contributed by atoms with Crippen LogP contribution in [0.1, 0.15) is 18.5 Å². The van der Waals surface area contributed by atoms with E-state index in [0.717, 1.165) is 5.56 Å². The Balaban J connectivity index is 0.00000180. The Labute approximate surface area is 124 Å². The molecule has 19 heavy (non-hydrogen) atoms. The summed E-state index contributed by atoms with van der Waals surface area (Å²) in [5, 5.41) is 6.75. The van der Waals surface area contributed by atoms with Crippen molar-refractivity contribution >= 4 is 29.9 Å². The van der Waals surface area contributed by atoms with Gasteiger partial charge in [-0.2, -0.15) is 0 Å². The smallest absolute Gasteiger partial charge is 0.240 e. The third-order valence-electron chi connectivity index (χ3n) is 2.95. The molecule has 0 radical (unpaired) electrons. The lowest BCUT2D eigenvalue weighted by Gasteiger charge is -2.25. The number of halogens is 2. The molecule has 4 nitrogen and oxygen atoms in total. The molecule has 0 aromatic heterocycles. The molecule has 2 unspecified atom stereocenters. The van der Waals surface area contributed by atoms with Crippen LogP contribution in [0.15, 0.2) is 24.3 Å². The van der Waals surface area contributed by atoms with Crippen LogP contribution in [0.5, 0.6) is 0 Å². The number of carbonyl (C=O) groups excluding carboxylic acids is 1. The summed E-state index contributed by atoms with van der Waals surface area (Å²) in [7, 11) is 0. The fraction of sp³-hybridized carbons (Fsp3) is 0.462. The van der Waals surface area contributed by atoms with E-state index in [-0.39, 0.29) is 30.4 Å². The molecule has 1 saturated heterocycles. The Morgan fingerprint density at radius 2 is 2.37 bits per heavy atom. The van der Waals surface area contributed by atoms with Crippen molar-refractivity contribution in [1.29, 1.82) is 0 Å². The van der Waals surface area contributed by atoms with Crippen LogP contribution in [0.3, 0.4) is 0 Å². The Bertz CT molecular complexity index is 423. The average Bonchev–Trinajstić information content (AvgIpc) is 2.39. The maximum Gasteiger partial charge on any atom is 0.240 e. The Morgan fingerprint density at radius 3 is 3.00 bits per heavy atom. The Morgan fingerprint density at radius 1 is 1.58 bits per heavy atom. The molecule has 1 aliphatic rings. The SMILES string of the molecule is CC(NC(=O)C1COCCN1)c1cccc(Cl)c1.Cl. The van der Waals surface area contributed by atoms with E-state index in [9.17, 15) is 4.79 Å². The van der Waals surface area contributed by atoms with Crippen molar-refractivity contribution in [3.05, 3.63) is 34.9 Å². The Hall–Kier alpha value is -0.810. The van der Waals surface area contributed by atoms with Crippen LogP contribution < -0.4 is 10.6 Å². The van der Waals surface area contributed by atoms with Crippen LogP contribution in [0.25, 0.3) is 0 Å². The third kappa shape index (κ3) is 4.66. The van der Waals surface area contributed by atoms with E-state index >= 15 is 0 Å². The first-order valence-corrected chi connectivity index (χ1v) is 6.41. The lowest BCUT2D eigenvalue weighted by molar-refractivity contribution is -0.126. The molecular weight excluding hydrogens is 287 g/mol. The second kappa shape index (κ2) is 7.70. The maximum absolute atomic E-state index is 12.0. The molecule has 1 amide bonds. The summed E-state index contributed by atoms with van der Waals surface area (Å²) >= 11 is 5.93. The first-order valence-electron chi connectivity index (χ1n) is 6.04. The van der Waals surface area contributed by atoms with Gasteiger partial charge in [0.1, 0.15) is 6.04 Å². The molecule has 0 spiro atoms. The lowest BCUT2D eigenvalue weighted by Crippen LogP contribution is -2.51. The molecule has 6 heteroatoms. The molecule has 1 fully saturated rings. The topological polar surface area (TPSA) is 50.4 Å². The zero-order valence-electron chi connectivity index (χ0n) is 10.7. The van der Waals surface area contributed by atoms with E-state index in [0.29, 0.717) is 24.8 Å². The van der Waals surface area contributed by atoms with Crippen LogP contribution in [0.4, 0.5) is 0 Å². The monoisotopic (exact) mass is 304 g/mol. The van der Waals surface area contributed by atoms with Crippen molar-refractivity contribution < 1.29 is 9.53 Å². The van der Waals surface area contributed by atoms with E-state index in [1.165, 1.54) is 0 Å². The van der Waals surface area contributed by atoms with Gasteiger partial charge in [-0.15, -0.1) is 12.4 Å². The number of rotatable bonds is 3. The second-order valence-corrected chi connectivity index (χ2v) is 4.80. The minimum atomic E-state index is -0.264.